The topological polar surface area (TPSA) is 576 Å². The molecule has 10 amide bonds. The summed E-state index contributed by atoms with van der Waals surface area (Å²) >= 11 is 5.63. The molecule has 2 aromatic rings. The Bertz CT molecular complexity index is 3140. The highest BCUT2D eigenvalue weighted by molar-refractivity contribution is 6.28. The third kappa shape index (κ3) is 33.9. The van der Waals surface area contributed by atoms with Gasteiger partial charge >= 0.3 is 12.1 Å². The Balaban J connectivity index is 0.00000459. The van der Waals surface area contributed by atoms with Gasteiger partial charge in [-0.15, -0.1) is 11.6 Å². The number of phenolic OH excluding ortho intramolecular Hbond substituents is 1. The zero-order chi connectivity index (χ0) is 75.2. The first-order chi connectivity index (χ1) is 47.1. The van der Waals surface area contributed by atoms with E-state index in [1.54, 1.807) is 70.2 Å². The van der Waals surface area contributed by atoms with Gasteiger partial charge < -0.3 is 103 Å². The van der Waals surface area contributed by atoms with Crippen molar-refractivity contribution < 1.29 is 80.9 Å². The lowest BCUT2D eigenvalue weighted by molar-refractivity contribution is -0.192. The lowest BCUT2D eigenvalue weighted by Crippen LogP contribution is -2.61. The molecular weight excluding hydrogens is 1340 g/mol. The number of aromatic hydroxyl groups is 1. The predicted molar refractivity (Wildman–Crippen MR) is 363 cm³/mol. The van der Waals surface area contributed by atoms with Crippen LogP contribution in [-0.2, 0) is 70.4 Å². The molecular formula is C62H96ClF3N20O14. The summed E-state index contributed by atoms with van der Waals surface area (Å²) in [4.78, 5) is 174. The molecule has 100 heavy (non-hydrogen) atoms. The molecule has 1 aliphatic heterocycles. The summed E-state index contributed by atoms with van der Waals surface area (Å²) in [5.74, 6) is -12.5. The summed E-state index contributed by atoms with van der Waals surface area (Å²) in [7, 11) is 0. The molecule has 2 aromatic carbocycles. The Labute approximate surface area is 581 Å². The number of halogens is 4. The number of carbonyl (C=O) groups excluding carboxylic acids is 11. The summed E-state index contributed by atoms with van der Waals surface area (Å²) in [6, 6.07) is 4.62. The molecule has 38 heteroatoms. The highest BCUT2D eigenvalue weighted by Gasteiger charge is 2.41. The number of hydrogen-bond donors (Lipinski definition) is 18. The van der Waals surface area contributed by atoms with Crippen molar-refractivity contribution in [1.82, 2.24) is 52.8 Å². The third-order valence-corrected chi connectivity index (χ3v) is 15.4. The van der Waals surface area contributed by atoms with Gasteiger partial charge in [0.1, 0.15) is 48.0 Å². The first-order valence-corrected chi connectivity index (χ1v) is 32.7. The minimum atomic E-state index is -5.08. The Morgan fingerprint density at radius 2 is 1.06 bits per heavy atom. The maximum Gasteiger partial charge on any atom is 0.490 e. The predicted octanol–water partition coefficient (Wildman–Crippen LogP) is -3.55. The molecule has 1 aliphatic rings. The molecule has 0 spiro atoms. The number of carboxylic acids is 1. The number of Topliss-reactive ketones (excluding diaryl/α,β-unsaturated/α-hetero) is 1. The highest BCUT2D eigenvalue weighted by Crippen LogP contribution is 2.21. The second-order valence-electron chi connectivity index (χ2n) is 23.8. The molecule has 9 unspecified atom stereocenters. The van der Waals surface area contributed by atoms with Crippen LogP contribution in [-0.4, -0.2) is 210 Å². The molecule has 0 aliphatic carbocycles. The maximum absolute atomic E-state index is 14.7. The lowest BCUT2D eigenvalue weighted by atomic mass is 9.96. The number of phenols is 1. The van der Waals surface area contributed by atoms with Crippen molar-refractivity contribution in [2.45, 2.75) is 159 Å². The van der Waals surface area contributed by atoms with Crippen LogP contribution in [0.1, 0.15) is 103 Å². The van der Waals surface area contributed by atoms with Gasteiger partial charge in [0.2, 0.25) is 59.1 Å². The number of nitrogens with one attached hydrogen (secondary N) is 9. The van der Waals surface area contributed by atoms with Gasteiger partial charge in [-0.25, -0.2) is 4.79 Å². The summed E-state index contributed by atoms with van der Waals surface area (Å²) in [6.45, 7) is 5.79. The monoisotopic (exact) mass is 1440 g/mol. The van der Waals surface area contributed by atoms with E-state index < -0.39 is 144 Å². The molecule has 0 radical (unpaired) electrons. The number of alkyl halides is 4. The van der Waals surface area contributed by atoms with Gasteiger partial charge in [-0.2, -0.15) is 13.2 Å². The van der Waals surface area contributed by atoms with Crippen LogP contribution in [0.25, 0.3) is 0 Å². The molecule has 1 fully saturated rings. The van der Waals surface area contributed by atoms with Crippen molar-refractivity contribution in [3.8, 4) is 5.75 Å². The van der Waals surface area contributed by atoms with Crippen LogP contribution in [0.4, 0.5) is 13.2 Å². The van der Waals surface area contributed by atoms with E-state index in [9.17, 15) is 71.0 Å². The zero-order valence-electron chi connectivity index (χ0n) is 56.2. The highest BCUT2D eigenvalue weighted by atomic mass is 35.5. The van der Waals surface area contributed by atoms with E-state index in [1.807, 2.05) is 0 Å². The van der Waals surface area contributed by atoms with Gasteiger partial charge in [-0.1, -0.05) is 76.6 Å². The van der Waals surface area contributed by atoms with Crippen molar-refractivity contribution in [2.24, 2.45) is 66.9 Å². The molecule has 0 saturated carbocycles. The Hall–Kier alpha value is -10.1. The number of aliphatic carboxylic acids is 1. The van der Waals surface area contributed by atoms with Crippen molar-refractivity contribution in [1.29, 1.82) is 0 Å². The minimum Gasteiger partial charge on any atom is -0.508 e. The number of nitrogens with zero attached hydrogens (tertiary/aromatic N) is 4. The number of hydrogen-bond acceptors (Lipinski definition) is 17. The van der Waals surface area contributed by atoms with Crippen molar-refractivity contribution in [2.75, 3.05) is 51.7 Å². The number of rotatable bonds is 41. The van der Waals surface area contributed by atoms with Crippen LogP contribution in [0.2, 0.25) is 0 Å². The van der Waals surface area contributed by atoms with E-state index in [0.29, 0.717) is 24.0 Å². The average Bonchev–Trinajstić information content (AvgIpc) is 1.49. The normalized spacial score (nSPS) is 14.9. The molecule has 1 heterocycles. The Morgan fingerprint density at radius 1 is 0.590 bits per heavy atom. The molecule has 9 atom stereocenters. The first kappa shape index (κ1) is 86.0. The van der Waals surface area contributed by atoms with Gasteiger partial charge in [-0.05, 0) is 99.3 Å². The number of carboxylic acid groups (broad SMARTS) is 1. The van der Waals surface area contributed by atoms with Crippen LogP contribution in [0.15, 0.2) is 69.6 Å². The van der Waals surface area contributed by atoms with Gasteiger partial charge in [0, 0.05) is 32.6 Å². The average molecular weight is 1440 g/mol. The number of ketones is 1. The summed E-state index contributed by atoms with van der Waals surface area (Å²) < 4.78 is 31.7. The van der Waals surface area contributed by atoms with E-state index in [4.69, 9.17) is 61.6 Å². The van der Waals surface area contributed by atoms with Crippen molar-refractivity contribution in [3.05, 3.63) is 65.7 Å². The van der Waals surface area contributed by atoms with E-state index in [0.717, 1.165) is 0 Å². The van der Waals surface area contributed by atoms with Crippen molar-refractivity contribution in [3.63, 3.8) is 0 Å². The van der Waals surface area contributed by atoms with E-state index in [1.165, 1.54) is 17.0 Å². The van der Waals surface area contributed by atoms with E-state index >= 15 is 0 Å². The van der Waals surface area contributed by atoms with Gasteiger partial charge in [0.25, 0.3) is 0 Å². The number of guanidine groups is 3. The standard InChI is InChI=1S/C60H95ClN20O12.C2HF3O2/c1-5-35(4)49(56(92)78-43(17-11-25-71-60(67)68)57(93)81-26-12-18-46(81)55(91)73-31-39(83)30-61)80-52(88)42(16-10-24-70-59(65)66)76-51(87)41(15-9-23-69-58(63)64)77-53(89)44(27-34(2)3)79-54(90)45(29-36-13-7-6-8-14-36)75-48(85)33-72-47(84)32-74-50(86)40(62)28-37-19-21-38(82)22-20-37;3-2(4,5)1(6)7/h6-8,13-14,19-22,34-35,40-46,49,82H,5,9-12,15-18,23-33,62H2,1-4H3,(H,72,84)(H,73,91)(H,74,86)(H,75,85)(H,76,87)(H,77,89)(H,78,92)(H,79,90)(H,80,88)(H4,63,64,69)(H4,65,66,70)(H4,67,68,71);(H,6,7). The van der Waals surface area contributed by atoms with Gasteiger partial charge in [-0.3, -0.25) is 67.7 Å². The van der Waals surface area contributed by atoms with Gasteiger partial charge in [0.05, 0.1) is 31.6 Å². The number of amides is 10. The maximum atomic E-state index is 14.7. The van der Waals surface area contributed by atoms with E-state index in [-0.39, 0.29) is 132 Å². The fourth-order valence-electron chi connectivity index (χ4n) is 9.72. The minimum absolute atomic E-state index is 0.00126. The molecule has 3 rings (SSSR count). The molecule has 0 aromatic heterocycles. The third-order valence-electron chi connectivity index (χ3n) is 15.1. The molecule has 1 saturated heterocycles. The lowest BCUT2D eigenvalue weighted by Gasteiger charge is -2.31. The van der Waals surface area contributed by atoms with Crippen LogP contribution in [0.3, 0.4) is 0 Å². The van der Waals surface area contributed by atoms with Gasteiger partial charge in [0.15, 0.2) is 23.7 Å². The number of nitrogens with two attached hydrogens (primary N) is 7. The summed E-state index contributed by atoms with van der Waals surface area (Å²) in [5, 5.41) is 40.3. The van der Waals surface area contributed by atoms with Crippen LogP contribution in [0.5, 0.6) is 5.75 Å². The zero-order valence-corrected chi connectivity index (χ0v) is 57.0. The largest absolute Gasteiger partial charge is 0.508 e. The SMILES string of the molecule is CCC(C)C(NC(=O)C(CCCN=C(N)N)NC(=O)C(CCCN=C(N)N)NC(=O)C(CC(C)C)NC(=O)C(Cc1ccccc1)NC(=O)CNC(=O)CNC(=O)C(N)Cc1ccc(O)cc1)C(=O)NC(CCCN=C(N)N)C(=O)N1CCCC1C(=O)NCC(=O)CCl.O=C(O)C(F)(F)F. The number of carbonyl (C=O) groups is 12. The summed E-state index contributed by atoms with van der Waals surface area (Å²) in [6.07, 6.45) is -3.78. The van der Waals surface area contributed by atoms with E-state index in [2.05, 4.69) is 62.8 Å². The molecule has 34 nitrogen and oxygen atoms in total. The van der Waals surface area contributed by atoms with Crippen molar-refractivity contribution >= 4 is 100 Å². The van der Waals surface area contributed by atoms with Crippen LogP contribution < -0.4 is 88.0 Å². The fourth-order valence-corrected chi connectivity index (χ4v) is 9.81. The number of likely N-dealkylation sites (tertiary alicyclic amines) is 1. The second kappa shape index (κ2) is 44.8. The van der Waals surface area contributed by atoms with Crippen LogP contribution in [0, 0.1) is 11.8 Å². The quantitative estimate of drug-likeness (QED) is 0.0133. The fraction of sp³-hybridized carbons (Fsp3) is 0.565. The number of benzene rings is 2. The first-order valence-electron chi connectivity index (χ1n) is 32.1. The Kier molecular flexibility index (Phi) is 38.5. The molecule has 556 valence electrons. The number of aliphatic imine (C=N–C) groups is 3. The van der Waals surface area contributed by atoms with Crippen LogP contribution >= 0.6 is 11.6 Å². The molecule has 25 N–H and O–H groups in total. The molecule has 0 bridgehead atoms. The smallest absolute Gasteiger partial charge is 0.490 e. The second-order valence-corrected chi connectivity index (χ2v) is 24.0. The summed E-state index contributed by atoms with van der Waals surface area (Å²) in [5.41, 5.74) is 40.8. The Morgan fingerprint density at radius 3 is 1.56 bits per heavy atom.